The molecular formula is C20H20ClF3N4O3. The van der Waals surface area contributed by atoms with E-state index in [0.717, 1.165) is 18.6 Å². The maximum atomic E-state index is 12.8. The van der Waals surface area contributed by atoms with Gasteiger partial charge in [0, 0.05) is 10.6 Å². The molecule has 1 amide bonds. The summed E-state index contributed by atoms with van der Waals surface area (Å²) in [6.45, 7) is -1.53. The number of carbonyl (C=O) groups is 1. The molecule has 0 spiro atoms. The Bertz CT molecular complexity index is 952. The summed E-state index contributed by atoms with van der Waals surface area (Å²) in [7, 11) is 1.43. The van der Waals surface area contributed by atoms with Gasteiger partial charge in [-0.05, 0) is 43.0 Å². The molecule has 11 heteroatoms. The van der Waals surface area contributed by atoms with E-state index in [1.54, 1.807) is 24.3 Å². The van der Waals surface area contributed by atoms with E-state index in [1.807, 2.05) is 0 Å². The summed E-state index contributed by atoms with van der Waals surface area (Å²) in [5, 5.41) is 14.8. The number of halogens is 4. The molecule has 1 aliphatic carbocycles. The summed E-state index contributed by atoms with van der Waals surface area (Å²) in [6, 6.07) is 7.34. The van der Waals surface area contributed by atoms with Gasteiger partial charge in [0.15, 0.2) is 12.3 Å². The molecule has 1 heterocycles. The fourth-order valence-electron chi connectivity index (χ4n) is 3.19. The standard InChI is InChI=1S/C20H20ClF3N4O3/c1-30-28-16-5-3-2-4-15(16)25-18(29)17-10-14(12-6-8-13(21)9-7-12)19(27-26-17)31-11-20(22,23)24/h6-10,15H,2-5,11H2,1H3,(H,25,29)/t15-/m1/s1. The van der Waals surface area contributed by atoms with Crippen LogP contribution in [-0.4, -0.2) is 47.8 Å². The smallest absolute Gasteiger partial charge is 0.422 e. The summed E-state index contributed by atoms with van der Waals surface area (Å²) < 4.78 is 42.7. The highest BCUT2D eigenvalue weighted by molar-refractivity contribution is 6.30. The fraction of sp³-hybridized carbons (Fsp3) is 0.400. The van der Waals surface area contributed by atoms with Gasteiger partial charge in [-0.15, -0.1) is 10.2 Å². The largest absolute Gasteiger partial charge is 0.467 e. The van der Waals surface area contributed by atoms with Gasteiger partial charge in [-0.3, -0.25) is 4.79 Å². The summed E-state index contributed by atoms with van der Waals surface area (Å²) in [5.74, 6) is -0.865. The van der Waals surface area contributed by atoms with E-state index in [2.05, 4.69) is 20.7 Å². The number of carbonyl (C=O) groups excluding carboxylic acids is 1. The molecule has 1 N–H and O–H groups in total. The van der Waals surface area contributed by atoms with Crippen LogP contribution in [-0.2, 0) is 4.84 Å². The molecule has 0 unspecified atom stereocenters. The Balaban J connectivity index is 1.88. The first-order chi connectivity index (χ1) is 14.8. The zero-order chi connectivity index (χ0) is 22.4. The van der Waals surface area contributed by atoms with E-state index in [1.165, 1.54) is 13.2 Å². The number of ether oxygens (including phenoxy) is 1. The molecule has 1 atom stereocenters. The molecule has 1 saturated carbocycles. The lowest BCUT2D eigenvalue weighted by molar-refractivity contribution is -0.154. The molecule has 3 rings (SSSR count). The highest BCUT2D eigenvalue weighted by Crippen LogP contribution is 2.30. The highest BCUT2D eigenvalue weighted by Gasteiger charge is 2.30. The van der Waals surface area contributed by atoms with Crippen molar-refractivity contribution in [3.8, 4) is 17.0 Å². The van der Waals surface area contributed by atoms with Crippen LogP contribution in [0.15, 0.2) is 35.5 Å². The SMILES string of the molecule is CON=C1CCCC[C@H]1NC(=O)c1cc(-c2ccc(Cl)cc2)c(OCC(F)(F)F)nn1. The Hall–Kier alpha value is -2.88. The molecule has 166 valence electrons. The minimum Gasteiger partial charge on any atom is -0.467 e. The molecule has 1 aromatic carbocycles. The van der Waals surface area contributed by atoms with E-state index < -0.39 is 18.7 Å². The van der Waals surface area contributed by atoms with E-state index in [4.69, 9.17) is 21.2 Å². The lowest BCUT2D eigenvalue weighted by Crippen LogP contribution is -2.43. The van der Waals surface area contributed by atoms with Crippen LogP contribution in [0, 0.1) is 0 Å². The Labute approximate surface area is 181 Å². The number of hydrogen-bond donors (Lipinski definition) is 1. The van der Waals surface area contributed by atoms with Gasteiger partial charge in [0.25, 0.3) is 5.91 Å². The van der Waals surface area contributed by atoms with Crippen LogP contribution in [0.5, 0.6) is 5.88 Å². The molecule has 1 fully saturated rings. The van der Waals surface area contributed by atoms with E-state index in [9.17, 15) is 18.0 Å². The minimum atomic E-state index is -4.55. The van der Waals surface area contributed by atoms with Crippen molar-refractivity contribution in [2.24, 2.45) is 5.16 Å². The van der Waals surface area contributed by atoms with Gasteiger partial charge in [0.05, 0.1) is 11.8 Å². The summed E-state index contributed by atoms with van der Waals surface area (Å²) in [4.78, 5) is 17.6. The third kappa shape index (κ3) is 6.30. The second-order valence-electron chi connectivity index (χ2n) is 6.90. The van der Waals surface area contributed by atoms with Crippen molar-refractivity contribution in [3.05, 3.63) is 41.0 Å². The second-order valence-corrected chi connectivity index (χ2v) is 7.33. The molecule has 0 saturated heterocycles. The average Bonchev–Trinajstić information content (AvgIpc) is 2.74. The van der Waals surface area contributed by atoms with Gasteiger partial charge >= 0.3 is 6.18 Å². The third-order valence-electron chi connectivity index (χ3n) is 4.61. The second kappa shape index (κ2) is 9.95. The van der Waals surface area contributed by atoms with Crippen molar-refractivity contribution in [1.29, 1.82) is 0 Å². The highest BCUT2D eigenvalue weighted by atomic mass is 35.5. The summed E-state index contributed by atoms with van der Waals surface area (Å²) >= 11 is 5.90. The van der Waals surface area contributed by atoms with Crippen LogP contribution in [0.25, 0.3) is 11.1 Å². The predicted molar refractivity (Wildman–Crippen MR) is 108 cm³/mol. The molecule has 1 aliphatic rings. The molecule has 1 aromatic heterocycles. The number of nitrogens with zero attached hydrogens (tertiary/aromatic N) is 3. The van der Waals surface area contributed by atoms with Crippen molar-refractivity contribution >= 4 is 23.2 Å². The maximum absolute atomic E-state index is 12.8. The lowest BCUT2D eigenvalue weighted by Gasteiger charge is -2.24. The van der Waals surface area contributed by atoms with E-state index in [0.29, 0.717) is 23.4 Å². The molecule has 0 bridgehead atoms. The first kappa shape index (κ1) is 22.8. The quantitative estimate of drug-likeness (QED) is 0.651. The monoisotopic (exact) mass is 456 g/mol. The molecule has 0 radical (unpaired) electrons. The topological polar surface area (TPSA) is 85.7 Å². The van der Waals surface area contributed by atoms with Gasteiger partial charge in [-0.25, -0.2) is 0 Å². The summed E-state index contributed by atoms with van der Waals surface area (Å²) in [5.41, 5.74) is 1.32. The van der Waals surface area contributed by atoms with Crippen molar-refractivity contribution < 1.29 is 27.5 Å². The van der Waals surface area contributed by atoms with Crippen molar-refractivity contribution in [3.63, 3.8) is 0 Å². The van der Waals surface area contributed by atoms with Crippen LogP contribution in [0.4, 0.5) is 13.2 Å². The molecule has 7 nitrogen and oxygen atoms in total. The molecule has 2 aromatic rings. The number of amides is 1. The fourth-order valence-corrected chi connectivity index (χ4v) is 3.32. The number of nitrogens with one attached hydrogen (secondary N) is 1. The minimum absolute atomic E-state index is 0.0633. The lowest BCUT2D eigenvalue weighted by atomic mass is 9.93. The van der Waals surface area contributed by atoms with Gasteiger partial charge in [-0.1, -0.05) is 35.3 Å². The van der Waals surface area contributed by atoms with Gasteiger partial charge in [0.2, 0.25) is 5.88 Å². The van der Waals surface area contributed by atoms with Crippen molar-refractivity contribution in [1.82, 2.24) is 15.5 Å². The van der Waals surface area contributed by atoms with Gasteiger partial charge in [0.1, 0.15) is 7.11 Å². The Morgan fingerprint density at radius 2 is 2.00 bits per heavy atom. The number of hydrogen-bond acceptors (Lipinski definition) is 6. The Morgan fingerprint density at radius 1 is 1.26 bits per heavy atom. The van der Waals surface area contributed by atoms with Gasteiger partial charge in [-0.2, -0.15) is 13.2 Å². The first-order valence-corrected chi connectivity index (χ1v) is 9.88. The van der Waals surface area contributed by atoms with Crippen LogP contribution >= 0.6 is 11.6 Å². The first-order valence-electron chi connectivity index (χ1n) is 9.51. The number of benzene rings is 1. The van der Waals surface area contributed by atoms with Crippen LogP contribution < -0.4 is 10.1 Å². The maximum Gasteiger partial charge on any atom is 0.422 e. The van der Waals surface area contributed by atoms with Crippen LogP contribution in [0.1, 0.15) is 36.2 Å². The van der Waals surface area contributed by atoms with Crippen LogP contribution in [0.2, 0.25) is 5.02 Å². The third-order valence-corrected chi connectivity index (χ3v) is 4.86. The number of oxime groups is 1. The molecule has 31 heavy (non-hydrogen) atoms. The predicted octanol–water partition coefficient (Wildman–Crippen LogP) is 4.41. The zero-order valence-electron chi connectivity index (χ0n) is 16.6. The van der Waals surface area contributed by atoms with E-state index in [-0.39, 0.29) is 23.2 Å². The van der Waals surface area contributed by atoms with Crippen molar-refractivity contribution in [2.45, 2.75) is 37.9 Å². The normalized spacial score (nSPS) is 18.0. The Kier molecular flexibility index (Phi) is 7.32. The average molecular weight is 457 g/mol. The van der Waals surface area contributed by atoms with Gasteiger partial charge < -0.3 is 14.9 Å². The number of alkyl halides is 3. The summed E-state index contributed by atoms with van der Waals surface area (Å²) in [6.07, 6.45) is -1.30. The molecular weight excluding hydrogens is 437 g/mol. The zero-order valence-corrected chi connectivity index (χ0v) is 17.3. The molecule has 0 aliphatic heterocycles. The van der Waals surface area contributed by atoms with E-state index >= 15 is 0 Å². The number of rotatable bonds is 6. The van der Waals surface area contributed by atoms with Crippen molar-refractivity contribution in [2.75, 3.05) is 13.7 Å². The number of aromatic nitrogens is 2. The van der Waals surface area contributed by atoms with Crippen LogP contribution in [0.3, 0.4) is 0 Å². The Morgan fingerprint density at radius 3 is 2.68 bits per heavy atom.